The zero-order chi connectivity index (χ0) is 14.9. The lowest BCUT2D eigenvalue weighted by molar-refractivity contribution is -0.139. The average molecular weight is 275 g/mol. The summed E-state index contributed by atoms with van der Waals surface area (Å²) in [5.41, 5.74) is 1.16. The summed E-state index contributed by atoms with van der Waals surface area (Å²) >= 11 is 0. The molecule has 1 aliphatic carbocycles. The van der Waals surface area contributed by atoms with Gasteiger partial charge in [0, 0.05) is 13.0 Å². The summed E-state index contributed by atoms with van der Waals surface area (Å²) in [6.07, 6.45) is 3.27. The lowest BCUT2D eigenvalue weighted by atomic mass is 9.81. The molecular formula is C17H25NO2. The summed E-state index contributed by atoms with van der Waals surface area (Å²) in [6.45, 7) is 6.43. The van der Waals surface area contributed by atoms with Crippen LogP contribution >= 0.6 is 0 Å². The van der Waals surface area contributed by atoms with E-state index in [2.05, 4.69) is 13.8 Å². The summed E-state index contributed by atoms with van der Waals surface area (Å²) in [4.78, 5) is 14.6. The minimum absolute atomic E-state index is 0.0273. The number of hydrogen-bond acceptors (Lipinski definition) is 2. The molecule has 20 heavy (non-hydrogen) atoms. The van der Waals surface area contributed by atoms with Crippen molar-refractivity contribution < 1.29 is 9.90 Å². The second-order valence-corrected chi connectivity index (χ2v) is 6.65. The number of aromatic hydroxyl groups is 1. The van der Waals surface area contributed by atoms with Gasteiger partial charge in [0.1, 0.15) is 5.75 Å². The van der Waals surface area contributed by atoms with Crippen molar-refractivity contribution in [2.45, 2.75) is 46.1 Å². The number of carbonyl (C=O) groups is 1. The Labute approximate surface area is 121 Å². The van der Waals surface area contributed by atoms with Crippen LogP contribution in [-0.2, 0) is 4.79 Å². The second-order valence-electron chi connectivity index (χ2n) is 6.65. The molecule has 0 bridgehead atoms. The van der Waals surface area contributed by atoms with Crippen LogP contribution in [0.4, 0.5) is 0 Å². The second kappa shape index (κ2) is 5.47. The van der Waals surface area contributed by atoms with Crippen LogP contribution in [0.25, 0.3) is 0 Å². The summed E-state index contributed by atoms with van der Waals surface area (Å²) < 4.78 is 0. The maximum absolute atomic E-state index is 12.7. The molecule has 0 aromatic heterocycles. The highest BCUT2D eigenvalue weighted by molar-refractivity contribution is 5.80. The Bertz CT molecular complexity index is 478. The molecule has 3 nitrogen and oxygen atoms in total. The van der Waals surface area contributed by atoms with E-state index in [1.165, 1.54) is 0 Å². The first-order chi connectivity index (χ1) is 9.33. The lowest BCUT2D eigenvalue weighted by Crippen LogP contribution is -2.39. The van der Waals surface area contributed by atoms with Gasteiger partial charge >= 0.3 is 0 Å². The molecule has 1 aromatic rings. The summed E-state index contributed by atoms with van der Waals surface area (Å²) in [7, 11) is 1.88. The van der Waals surface area contributed by atoms with Gasteiger partial charge in [-0.25, -0.2) is 0 Å². The Morgan fingerprint density at radius 1 is 1.35 bits per heavy atom. The van der Waals surface area contributed by atoms with Gasteiger partial charge in [0.25, 0.3) is 0 Å². The Morgan fingerprint density at radius 2 is 1.95 bits per heavy atom. The van der Waals surface area contributed by atoms with E-state index >= 15 is 0 Å². The van der Waals surface area contributed by atoms with Gasteiger partial charge < -0.3 is 10.0 Å². The van der Waals surface area contributed by atoms with Gasteiger partial charge in [-0.1, -0.05) is 32.4 Å². The van der Waals surface area contributed by atoms with Crippen molar-refractivity contribution in [3.05, 3.63) is 29.8 Å². The number of phenols is 1. The largest absolute Gasteiger partial charge is 0.508 e. The van der Waals surface area contributed by atoms with Gasteiger partial charge in [0.2, 0.25) is 5.91 Å². The molecule has 1 N–H and O–H groups in total. The van der Waals surface area contributed by atoms with Crippen LogP contribution in [0, 0.1) is 11.3 Å². The molecular weight excluding hydrogens is 250 g/mol. The molecule has 1 fully saturated rings. The van der Waals surface area contributed by atoms with E-state index in [-0.39, 0.29) is 29.0 Å². The predicted molar refractivity (Wildman–Crippen MR) is 80.4 cm³/mol. The number of phenolic OH excluding ortho intramolecular Hbond substituents is 1. The van der Waals surface area contributed by atoms with Crippen LogP contribution in [0.3, 0.4) is 0 Å². The molecule has 1 aromatic carbocycles. The summed E-state index contributed by atoms with van der Waals surface area (Å²) in [5, 5.41) is 9.35. The molecule has 3 heteroatoms. The Morgan fingerprint density at radius 3 is 2.45 bits per heavy atom. The topological polar surface area (TPSA) is 40.5 Å². The standard InChI is InChI=1S/C17H25NO2/c1-12(13-7-9-14(19)10-8-13)18(4)16(20)15-6-5-11-17(15,2)3/h7-10,12,15,19H,5-6,11H2,1-4H3. The zero-order valence-electron chi connectivity index (χ0n) is 12.9. The first-order valence-electron chi connectivity index (χ1n) is 7.38. The highest BCUT2D eigenvalue weighted by Crippen LogP contribution is 2.44. The number of amides is 1. The first kappa shape index (κ1) is 14.9. The van der Waals surface area contributed by atoms with E-state index in [4.69, 9.17) is 0 Å². The lowest BCUT2D eigenvalue weighted by Gasteiger charge is -2.33. The summed E-state index contributed by atoms with van der Waals surface area (Å²) in [6, 6.07) is 7.12. The van der Waals surface area contributed by atoms with Crippen LogP contribution in [0.5, 0.6) is 5.75 Å². The van der Waals surface area contributed by atoms with Crippen molar-refractivity contribution in [2.24, 2.45) is 11.3 Å². The van der Waals surface area contributed by atoms with Crippen LogP contribution in [0.15, 0.2) is 24.3 Å². The monoisotopic (exact) mass is 275 g/mol. The van der Waals surface area contributed by atoms with Crippen molar-refractivity contribution >= 4 is 5.91 Å². The fraction of sp³-hybridized carbons (Fsp3) is 0.588. The molecule has 0 saturated heterocycles. The number of rotatable bonds is 3. The molecule has 1 saturated carbocycles. The number of benzene rings is 1. The maximum atomic E-state index is 12.7. The van der Waals surface area contributed by atoms with Crippen LogP contribution in [0.1, 0.15) is 51.6 Å². The molecule has 2 atom stereocenters. The molecule has 0 heterocycles. The van der Waals surface area contributed by atoms with Crippen LogP contribution in [-0.4, -0.2) is 23.0 Å². The van der Waals surface area contributed by atoms with Crippen LogP contribution in [0.2, 0.25) is 0 Å². The third-order valence-corrected chi connectivity index (χ3v) is 4.86. The average Bonchev–Trinajstić information content (AvgIpc) is 2.76. The van der Waals surface area contributed by atoms with Crippen molar-refractivity contribution in [3.63, 3.8) is 0 Å². The zero-order valence-corrected chi connectivity index (χ0v) is 12.9. The van der Waals surface area contributed by atoms with E-state index < -0.39 is 0 Å². The Kier molecular flexibility index (Phi) is 4.07. The molecule has 2 rings (SSSR count). The van der Waals surface area contributed by atoms with Gasteiger partial charge in [-0.3, -0.25) is 4.79 Å². The third kappa shape index (κ3) is 2.82. The minimum atomic E-state index is 0.0273. The van der Waals surface area contributed by atoms with Crippen molar-refractivity contribution in [3.8, 4) is 5.75 Å². The number of carbonyl (C=O) groups excluding carboxylic acids is 1. The summed E-state index contributed by atoms with van der Waals surface area (Å²) in [5.74, 6) is 0.631. The van der Waals surface area contributed by atoms with Gasteiger partial charge in [-0.05, 0) is 42.9 Å². The minimum Gasteiger partial charge on any atom is -0.508 e. The fourth-order valence-electron chi connectivity index (χ4n) is 3.20. The van der Waals surface area contributed by atoms with E-state index in [9.17, 15) is 9.90 Å². The number of hydrogen-bond donors (Lipinski definition) is 1. The molecule has 0 radical (unpaired) electrons. The quantitative estimate of drug-likeness (QED) is 0.913. The van der Waals surface area contributed by atoms with Gasteiger partial charge in [-0.2, -0.15) is 0 Å². The highest BCUT2D eigenvalue weighted by atomic mass is 16.3. The maximum Gasteiger partial charge on any atom is 0.226 e. The van der Waals surface area contributed by atoms with E-state index in [1.807, 2.05) is 31.0 Å². The van der Waals surface area contributed by atoms with E-state index in [0.29, 0.717) is 0 Å². The number of nitrogens with zero attached hydrogens (tertiary/aromatic N) is 1. The van der Waals surface area contributed by atoms with Crippen molar-refractivity contribution in [1.82, 2.24) is 4.90 Å². The fourth-order valence-corrected chi connectivity index (χ4v) is 3.20. The van der Waals surface area contributed by atoms with E-state index in [0.717, 1.165) is 24.8 Å². The molecule has 1 amide bonds. The molecule has 0 spiro atoms. The van der Waals surface area contributed by atoms with Gasteiger partial charge in [0.05, 0.1) is 6.04 Å². The van der Waals surface area contributed by atoms with Crippen molar-refractivity contribution in [1.29, 1.82) is 0 Å². The smallest absolute Gasteiger partial charge is 0.226 e. The molecule has 2 unspecified atom stereocenters. The van der Waals surface area contributed by atoms with Gasteiger partial charge in [-0.15, -0.1) is 0 Å². The molecule has 1 aliphatic rings. The third-order valence-electron chi connectivity index (χ3n) is 4.86. The van der Waals surface area contributed by atoms with Crippen molar-refractivity contribution in [2.75, 3.05) is 7.05 Å². The van der Waals surface area contributed by atoms with E-state index in [1.54, 1.807) is 12.1 Å². The SMILES string of the molecule is CC(c1ccc(O)cc1)N(C)C(=O)C1CCCC1(C)C. The normalized spacial score (nSPS) is 22.5. The Hall–Kier alpha value is -1.51. The first-order valence-corrected chi connectivity index (χ1v) is 7.38. The van der Waals surface area contributed by atoms with Gasteiger partial charge in [0.15, 0.2) is 0 Å². The van der Waals surface area contributed by atoms with Crippen LogP contribution < -0.4 is 0 Å². The molecule has 0 aliphatic heterocycles. The highest BCUT2D eigenvalue weighted by Gasteiger charge is 2.41. The molecule has 110 valence electrons. The predicted octanol–water partition coefficient (Wildman–Crippen LogP) is 3.74. The Balaban J connectivity index is 2.12.